The second-order valence-electron chi connectivity index (χ2n) is 6.36. The van der Waals surface area contributed by atoms with E-state index in [4.69, 9.17) is 4.74 Å². The molecule has 1 N–H and O–H groups in total. The lowest BCUT2D eigenvalue weighted by atomic mass is 10.00. The second kappa shape index (κ2) is 7.03. The SMILES string of the molecule is COc1cc(CC(=O)N2CCCCC2c2n[nH]c(C)n2)ccc1C. The van der Waals surface area contributed by atoms with Gasteiger partial charge in [-0.05, 0) is 50.3 Å². The maximum absolute atomic E-state index is 12.9. The number of H-pyrrole nitrogens is 1. The van der Waals surface area contributed by atoms with Gasteiger partial charge in [0, 0.05) is 6.54 Å². The molecule has 1 unspecified atom stereocenters. The maximum Gasteiger partial charge on any atom is 0.227 e. The Morgan fingerprint density at radius 3 is 2.92 bits per heavy atom. The molecule has 24 heavy (non-hydrogen) atoms. The number of rotatable bonds is 4. The van der Waals surface area contributed by atoms with Gasteiger partial charge in [0.25, 0.3) is 0 Å². The van der Waals surface area contributed by atoms with Crippen molar-refractivity contribution in [3.8, 4) is 5.75 Å². The zero-order valence-electron chi connectivity index (χ0n) is 14.5. The summed E-state index contributed by atoms with van der Waals surface area (Å²) in [5.74, 6) is 2.45. The molecule has 1 saturated heterocycles. The van der Waals surface area contributed by atoms with Gasteiger partial charge in [-0.1, -0.05) is 12.1 Å². The molecule has 0 radical (unpaired) electrons. The van der Waals surface area contributed by atoms with Gasteiger partial charge >= 0.3 is 0 Å². The Bertz CT molecular complexity index is 726. The van der Waals surface area contributed by atoms with Gasteiger partial charge in [0.1, 0.15) is 11.6 Å². The zero-order valence-corrected chi connectivity index (χ0v) is 14.5. The predicted molar refractivity (Wildman–Crippen MR) is 90.9 cm³/mol. The van der Waals surface area contributed by atoms with Crippen LogP contribution < -0.4 is 4.74 Å². The molecule has 1 aliphatic rings. The van der Waals surface area contributed by atoms with Gasteiger partial charge in [0.05, 0.1) is 19.6 Å². The number of ether oxygens (including phenoxy) is 1. The molecule has 1 aromatic heterocycles. The Balaban J connectivity index is 1.77. The number of amides is 1. The summed E-state index contributed by atoms with van der Waals surface area (Å²) < 4.78 is 5.36. The van der Waals surface area contributed by atoms with Crippen LogP contribution >= 0.6 is 0 Å². The van der Waals surface area contributed by atoms with Crippen LogP contribution in [0.5, 0.6) is 5.75 Å². The van der Waals surface area contributed by atoms with Crippen molar-refractivity contribution in [3.63, 3.8) is 0 Å². The highest BCUT2D eigenvalue weighted by atomic mass is 16.5. The van der Waals surface area contributed by atoms with Crippen LogP contribution in [0.4, 0.5) is 0 Å². The Morgan fingerprint density at radius 1 is 1.38 bits per heavy atom. The van der Waals surface area contributed by atoms with Crippen molar-refractivity contribution < 1.29 is 9.53 Å². The molecule has 128 valence electrons. The van der Waals surface area contributed by atoms with E-state index in [1.54, 1.807) is 7.11 Å². The molecule has 1 aromatic carbocycles. The van der Waals surface area contributed by atoms with Crippen LogP contribution in [0.3, 0.4) is 0 Å². The highest BCUT2D eigenvalue weighted by Gasteiger charge is 2.30. The van der Waals surface area contributed by atoms with Gasteiger partial charge in [-0.3, -0.25) is 9.89 Å². The first-order chi connectivity index (χ1) is 11.6. The van der Waals surface area contributed by atoms with E-state index in [1.165, 1.54) is 0 Å². The molecular formula is C18H24N4O2. The van der Waals surface area contributed by atoms with Gasteiger partial charge in [0.2, 0.25) is 5.91 Å². The van der Waals surface area contributed by atoms with E-state index in [9.17, 15) is 4.79 Å². The number of nitrogens with one attached hydrogen (secondary N) is 1. The van der Waals surface area contributed by atoms with Crippen molar-refractivity contribution in [1.29, 1.82) is 0 Å². The minimum atomic E-state index is -0.0245. The van der Waals surface area contributed by atoms with Gasteiger partial charge in [0.15, 0.2) is 5.82 Å². The first kappa shape index (κ1) is 16.5. The van der Waals surface area contributed by atoms with E-state index in [1.807, 2.05) is 36.9 Å². The van der Waals surface area contributed by atoms with Crippen LogP contribution in [-0.4, -0.2) is 39.6 Å². The van der Waals surface area contributed by atoms with Crippen molar-refractivity contribution in [1.82, 2.24) is 20.1 Å². The molecular weight excluding hydrogens is 304 g/mol. The molecule has 2 heterocycles. The summed E-state index contributed by atoms with van der Waals surface area (Å²) in [6.07, 6.45) is 3.42. The number of carbonyl (C=O) groups excluding carboxylic acids is 1. The molecule has 6 heteroatoms. The number of likely N-dealkylation sites (tertiary alicyclic amines) is 1. The molecule has 1 fully saturated rings. The molecule has 1 atom stereocenters. The van der Waals surface area contributed by atoms with Crippen LogP contribution in [0.2, 0.25) is 0 Å². The largest absolute Gasteiger partial charge is 0.496 e. The standard InChI is InChI=1S/C18H24N4O2/c1-12-7-8-14(10-16(12)24-3)11-17(23)22-9-5-4-6-15(22)18-19-13(2)20-21-18/h7-8,10,15H,4-6,9,11H2,1-3H3,(H,19,20,21). The molecule has 0 saturated carbocycles. The molecule has 0 bridgehead atoms. The average molecular weight is 328 g/mol. The third-order valence-corrected chi connectivity index (χ3v) is 4.56. The normalized spacial score (nSPS) is 17.8. The van der Waals surface area contributed by atoms with Crippen molar-refractivity contribution in [2.45, 2.75) is 45.6 Å². The van der Waals surface area contributed by atoms with Crippen molar-refractivity contribution in [3.05, 3.63) is 41.0 Å². The summed E-state index contributed by atoms with van der Waals surface area (Å²) in [6.45, 7) is 4.64. The monoisotopic (exact) mass is 328 g/mol. The van der Waals surface area contributed by atoms with Crippen molar-refractivity contribution >= 4 is 5.91 Å². The van der Waals surface area contributed by atoms with Crippen molar-refractivity contribution in [2.75, 3.05) is 13.7 Å². The van der Waals surface area contributed by atoms with E-state index in [2.05, 4.69) is 15.2 Å². The molecule has 3 rings (SSSR count). The summed E-state index contributed by atoms with van der Waals surface area (Å²) in [5.41, 5.74) is 2.04. The van der Waals surface area contributed by atoms with Crippen LogP contribution in [-0.2, 0) is 11.2 Å². The summed E-state index contributed by atoms with van der Waals surface area (Å²) in [7, 11) is 1.65. The highest BCUT2D eigenvalue weighted by molar-refractivity contribution is 5.79. The third kappa shape index (κ3) is 3.42. The fourth-order valence-electron chi connectivity index (χ4n) is 3.26. The van der Waals surface area contributed by atoms with Crippen LogP contribution in [0.25, 0.3) is 0 Å². The number of methoxy groups -OCH3 is 1. The number of piperidine rings is 1. The number of carbonyl (C=O) groups is 1. The highest BCUT2D eigenvalue weighted by Crippen LogP contribution is 2.29. The fraction of sp³-hybridized carbons (Fsp3) is 0.500. The molecule has 0 aliphatic carbocycles. The van der Waals surface area contributed by atoms with Gasteiger partial charge < -0.3 is 9.64 Å². The number of benzene rings is 1. The lowest BCUT2D eigenvalue weighted by Gasteiger charge is -2.34. The van der Waals surface area contributed by atoms with E-state index in [-0.39, 0.29) is 11.9 Å². The minimum Gasteiger partial charge on any atom is -0.496 e. The number of aromatic amines is 1. The molecule has 6 nitrogen and oxygen atoms in total. The topological polar surface area (TPSA) is 71.1 Å². The van der Waals surface area contributed by atoms with E-state index in [0.717, 1.165) is 54.3 Å². The Kier molecular flexibility index (Phi) is 4.83. The number of nitrogens with zero attached hydrogens (tertiary/aromatic N) is 3. The fourth-order valence-corrected chi connectivity index (χ4v) is 3.26. The lowest BCUT2D eigenvalue weighted by molar-refractivity contribution is -0.134. The molecule has 1 amide bonds. The molecule has 1 aliphatic heterocycles. The van der Waals surface area contributed by atoms with E-state index < -0.39 is 0 Å². The first-order valence-electron chi connectivity index (χ1n) is 8.40. The third-order valence-electron chi connectivity index (χ3n) is 4.56. The van der Waals surface area contributed by atoms with Crippen LogP contribution in [0.15, 0.2) is 18.2 Å². The van der Waals surface area contributed by atoms with Gasteiger partial charge in [-0.25, -0.2) is 4.98 Å². The minimum absolute atomic E-state index is 0.0245. The molecule has 0 spiro atoms. The number of aromatic nitrogens is 3. The summed E-state index contributed by atoms with van der Waals surface area (Å²) in [5, 5.41) is 7.15. The average Bonchev–Trinajstić information content (AvgIpc) is 3.03. The second-order valence-corrected chi connectivity index (χ2v) is 6.36. The molecule has 2 aromatic rings. The lowest BCUT2D eigenvalue weighted by Crippen LogP contribution is -2.39. The van der Waals surface area contributed by atoms with Crippen LogP contribution in [0.1, 0.15) is 48.1 Å². The van der Waals surface area contributed by atoms with Crippen molar-refractivity contribution in [2.24, 2.45) is 0 Å². The number of hydrogen-bond acceptors (Lipinski definition) is 4. The Labute approximate surface area is 142 Å². The summed E-state index contributed by atoms with van der Waals surface area (Å²) in [4.78, 5) is 19.2. The smallest absolute Gasteiger partial charge is 0.227 e. The number of aryl methyl sites for hydroxylation is 2. The Morgan fingerprint density at radius 2 is 2.21 bits per heavy atom. The Hall–Kier alpha value is -2.37. The van der Waals surface area contributed by atoms with E-state index >= 15 is 0 Å². The zero-order chi connectivity index (χ0) is 17.1. The first-order valence-corrected chi connectivity index (χ1v) is 8.40. The number of hydrogen-bond donors (Lipinski definition) is 1. The van der Waals surface area contributed by atoms with Crippen LogP contribution in [0, 0.1) is 13.8 Å². The summed E-state index contributed by atoms with van der Waals surface area (Å²) in [6, 6.07) is 5.91. The summed E-state index contributed by atoms with van der Waals surface area (Å²) >= 11 is 0. The quantitative estimate of drug-likeness (QED) is 0.937. The van der Waals surface area contributed by atoms with Gasteiger partial charge in [-0.2, -0.15) is 5.10 Å². The predicted octanol–water partition coefficient (Wildman–Crippen LogP) is 2.73. The maximum atomic E-state index is 12.9. The van der Waals surface area contributed by atoms with Gasteiger partial charge in [-0.15, -0.1) is 0 Å². The van der Waals surface area contributed by atoms with E-state index in [0.29, 0.717) is 6.42 Å².